The molecule has 0 atom stereocenters. The zero-order valence-electron chi connectivity index (χ0n) is 9.34. The van der Waals surface area contributed by atoms with E-state index in [4.69, 9.17) is 10.5 Å². The van der Waals surface area contributed by atoms with Gasteiger partial charge in [-0.05, 0) is 26.0 Å². The Morgan fingerprint density at radius 2 is 2.31 bits per heavy atom. The Morgan fingerprint density at radius 1 is 1.50 bits per heavy atom. The number of pyridine rings is 1. The van der Waals surface area contributed by atoms with Crippen molar-refractivity contribution in [2.75, 3.05) is 12.3 Å². The molecule has 2 heterocycles. The maximum absolute atomic E-state index is 5.70. The van der Waals surface area contributed by atoms with E-state index in [-0.39, 0.29) is 0 Å². The summed E-state index contributed by atoms with van der Waals surface area (Å²) < 4.78 is 7.11. The summed E-state index contributed by atoms with van der Waals surface area (Å²) in [6.45, 7) is 4.43. The normalized spacial score (nSPS) is 10.4. The van der Waals surface area contributed by atoms with Gasteiger partial charge in [0.1, 0.15) is 5.82 Å². The van der Waals surface area contributed by atoms with Crippen LogP contribution in [0.2, 0.25) is 0 Å². The number of ether oxygens (including phenoxy) is 1. The molecule has 84 valence electrons. The molecule has 0 bridgehead atoms. The van der Waals surface area contributed by atoms with Gasteiger partial charge < -0.3 is 10.5 Å². The van der Waals surface area contributed by atoms with E-state index in [1.165, 1.54) is 0 Å². The summed E-state index contributed by atoms with van der Waals surface area (Å²) in [5.74, 6) is 1.87. The van der Waals surface area contributed by atoms with Crippen molar-refractivity contribution >= 4 is 5.82 Å². The molecule has 16 heavy (non-hydrogen) atoms. The van der Waals surface area contributed by atoms with Gasteiger partial charge in [0, 0.05) is 18.0 Å². The number of aryl methyl sites for hydroxylation is 1. The maximum Gasteiger partial charge on any atom is 0.196 e. The van der Waals surface area contributed by atoms with Crippen LogP contribution in [0.5, 0.6) is 5.75 Å². The van der Waals surface area contributed by atoms with Crippen molar-refractivity contribution in [1.29, 1.82) is 0 Å². The number of nitrogens with two attached hydrogens (primary N) is 1. The van der Waals surface area contributed by atoms with Gasteiger partial charge >= 0.3 is 0 Å². The monoisotopic (exact) mass is 218 g/mol. The summed E-state index contributed by atoms with van der Waals surface area (Å²) in [5.41, 5.74) is 6.63. The highest BCUT2D eigenvalue weighted by molar-refractivity contribution is 5.44. The summed E-state index contributed by atoms with van der Waals surface area (Å²) in [4.78, 5) is 4.24. The molecule has 0 fully saturated rings. The van der Waals surface area contributed by atoms with Gasteiger partial charge in [0.05, 0.1) is 6.61 Å². The number of aromatic nitrogens is 3. The van der Waals surface area contributed by atoms with Crippen molar-refractivity contribution in [2.45, 2.75) is 13.8 Å². The smallest absolute Gasteiger partial charge is 0.196 e. The standard InChI is InChI=1S/C11H14N4O/c1-3-16-9-5-4-6-13-11(9)15-7-8(2)10(12)14-15/h4-7H,3H2,1-2H3,(H2,12,14). The van der Waals surface area contributed by atoms with Gasteiger partial charge in [-0.1, -0.05) is 0 Å². The van der Waals surface area contributed by atoms with E-state index in [1.54, 1.807) is 10.9 Å². The predicted octanol–water partition coefficient (Wildman–Crippen LogP) is 1.56. The van der Waals surface area contributed by atoms with Crippen LogP contribution in [0.15, 0.2) is 24.5 Å². The molecule has 5 nitrogen and oxygen atoms in total. The molecule has 2 aromatic rings. The van der Waals surface area contributed by atoms with Crippen LogP contribution in [-0.4, -0.2) is 21.4 Å². The van der Waals surface area contributed by atoms with Crippen LogP contribution in [0.3, 0.4) is 0 Å². The van der Waals surface area contributed by atoms with Crippen LogP contribution in [0.25, 0.3) is 5.82 Å². The molecule has 5 heteroatoms. The maximum atomic E-state index is 5.70. The van der Waals surface area contributed by atoms with Crippen LogP contribution in [0.1, 0.15) is 12.5 Å². The number of hydrogen-bond acceptors (Lipinski definition) is 4. The third-order valence-corrected chi connectivity index (χ3v) is 2.20. The third-order valence-electron chi connectivity index (χ3n) is 2.20. The second-order valence-corrected chi connectivity index (χ2v) is 3.40. The highest BCUT2D eigenvalue weighted by Crippen LogP contribution is 2.20. The minimum absolute atomic E-state index is 0.508. The first-order valence-electron chi connectivity index (χ1n) is 5.12. The summed E-state index contributed by atoms with van der Waals surface area (Å²) in [6.07, 6.45) is 3.53. The van der Waals surface area contributed by atoms with Gasteiger partial charge in [0.25, 0.3) is 0 Å². The molecule has 0 spiro atoms. The molecule has 0 aliphatic rings. The van der Waals surface area contributed by atoms with Crippen LogP contribution in [-0.2, 0) is 0 Å². The molecule has 0 aromatic carbocycles. The molecular weight excluding hydrogens is 204 g/mol. The van der Waals surface area contributed by atoms with E-state index in [2.05, 4.69) is 10.1 Å². The lowest BCUT2D eigenvalue weighted by Gasteiger charge is -2.07. The molecule has 0 radical (unpaired) electrons. The fourth-order valence-electron chi connectivity index (χ4n) is 1.40. The first kappa shape index (κ1) is 10.5. The molecule has 0 aliphatic heterocycles. The number of nitrogen functional groups attached to an aromatic ring is 1. The summed E-state index contributed by atoms with van der Waals surface area (Å²) in [7, 11) is 0. The highest BCUT2D eigenvalue weighted by atomic mass is 16.5. The van der Waals surface area contributed by atoms with Gasteiger partial charge in [-0.25, -0.2) is 9.67 Å². The van der Waals surface area contributed by atoms with Crippen LogP contribution < -0.4 is 10.5 Å². The van der Waals surface area contributed by atoms with Crippen molar-refractivity contribution in [3.63, 3.8) is 0 Å². The molecule has 0 saturated carbocycles. The van der Waals surface area contributed by atoms with Crippen molar-refractivity contribution in [3.05, 3.63) is 30.1 Å². The molecule has 2 rings (SSSR count). The average molecular weight is 218 g/mol. The van der Waals surface area contributed by atoms with E-state index < -0.39 is 0 Å². The molecule has 0 amide bonds. The summed E-state index contributed by atoms with van der Waals surface area (Å²) >= 11 is 0. The first-order chi connectivity index (χ1) is 7.72. The fourth-order valence-corrected chi connectivity index (χ4v) is 1.40. The molecule has 0 aliphatic carbocycles. The van der Waals surface area contributed by atoms with Gasteiger partial charge in [-0.15, -0.1) is 5.10 Å². The van der Waals surface area contributed by atoms with Crippen LogP contribution >= 0.6 is 0 Å². The lowest BCUT2D eigenvalue weighted by Crippen LogP contribution is -2.03. The summed E-state index contributed by atoms with van der Waals surface area (Å²) in [5, 5.41) is 4.18. The average Bonchev–Trinajstić information content (AvgIpc) is 2.60. The zero-order valence-corrected chi connectivity index (χ0v) is 9.34. The molecule has 2 aromatic heterocycles. The Bertz CT molecular complexity index is 473. The Hall–Kier alpha value is -2.04. The van der Waals surface area contributed by atoms with Crippen molar-refractivity contribution in [3.8, 4) is 11.6 Å². The molecule has 2 N–H and O–H groups in total. The van der Waals surface area contributed by atoms with Gasteiger partial charge in [-0.2, -0.15) is 0 Å². The van der Waals surface area contributed by atoms with Gasteiger partial charge in [0.15, 0.2) is 11.6 Å². The molecular formula is C11H14N4O. The topological polar surface area (TPSA) is 66.0 Å². The number of nitrogens with zero attached hydrogens (tertiary/aromatic N) is 3. The van der Waals surface area contributed by atoms with Crippen molar-refractivity contribution in [1.82, 2.24) is 14.8 Å². The fraction of sp³-hybridized carbons (Fsp3) is 0.273. The minimum atomic E-state index is 0.508. The Kier molecular flexibility index (Phi) is 2.76. The lowest BCUT2D eigenvalue weighted by molar-refractivity contribution is 0.336. The quantitative estimate of drug-likeness (QED) is 0.849. The second-order valence-electron chi connectivity index (χ2n) is 3.40. The first-order valence-corrected chi connectivity index (χ1v) is 5.12. The Labute approximate surface area is 93.9 Å². The Morgan fingerprint density at radius 3 is 2.94 bits per heavy atom. The number of anilines is 1. The second kappa shape index (κ2) is 4.22. The van der Waals surface area contributed by atoms with E-state index in [0.29, 0.717) is 24.0 Å². The number of hydrogen-bond donors (Lipinski definition) is 1. The zero-order chi connectivity index (χ0) is 11.5. The largest absolute Gasteiger partial charge is 0.490 e. The minimum Gasteiger partial charge on any atom is -0.490 e. The van der Waals surface area contributed by atoms with Crippen molar-refractivity contribution < 1.29 is 4.74 Å². The summed E-state index contributed by atoms with van der Waals surface area (Å²) in [6, 6.07) is 3.69. The third kappa shape index (κ3) is 1.84. The van der Waals surface area contributed by atoms with Crippen LogP contribution in [0.4, 0.5) is 5.82 Å². The van der Waals surface area contributed by atoms with Crippen molar-refractivity contribution in [2.24, 2.45) is 0 Å². The van der Waals surface area contributed by atoms with Gasteiger partial charge in [-0.3, -0.25) is 0 Å². The lowest BCUT2D eigenvalue weighted by atomic mass is 10.4. The highest BCUT2D eigenvalue weighted by Gasteiger charge is 2.09. The van der Waals surface area contributed by atoms with Crippen LogP contribution in [0, 0.1) is 6.92 Å². The molecule has 0 saturated heterocycles. The Balaban J connectivity index is 2.46. The predicted molar refractivity (Wildman–Crippen MR) is 61.7 cm³/mol. The van der Waals surface area contributed by atoms with E-state index in [1.807, 2.05) is 32.2 Å². The SMILES string of the molecule is CCOc1cccnc1-n1cc(C)c(N)n1. The molecule has 0 unspecified atom stereocenters. The number of rotatable bonds is 3. The van der Waals surface area contributed by atoms with Gasteiger partial charge in [0.2, 0.25) is 0 Å². The van der Waals surface area contributed by atoms with E-state index in [0.717, 1.165) is 5.56 Å². The van der Waals surface area contributed by atoms with E-state index in [9.17, 15) is 0 Å². The van der Waals surface area contributed by atoms with E-state index >= 15 is 0 Å².